The van der Waals surface area contributed by atoms with E-state index in [0.29, 0.717) is 12.4 Å². The number of nitrogens with one attached hydrogen (secondary N) is 2. The van der Waals surface area contributed by atoms with Crippen LogP contribution in [0.25, 0.3) is 0 Å². The van der Waals surface area contributed by atoms with E-state index in [9.17, 15) is 4.79 Å². The largest absolute Gasteiger partial charge is 0.363 e. The molecule has 1 aromatic heterocycles. The molecular formula is C9H15N3O2. The van der Waals surface area contributed by atoms with Crippen LogP contribution in [0.1, 0.15) is 26.2 Å². The van der Waals surface area contributed by atoms with E-state index < -0.39 is 0 Å². The summed E-state index contributed by atoms with van der Waals surface area (Å²) in [4.78, 5) is 11.2. The van der Waals surface area contributed by atoms with Gasteiger partial charge in [0, 0.05) is 12.6 Å². The van der Waals surface area contributed by atoms with Crippen molar-refractivity contribution in [1.29, 1.82) is 0 Å². The number of carbonyl (C=O) groups excluding carboxylic acids is 1. The van der Waals surface area contributed by atoms with Crippen LogP contribution in [0.2, 0.25) is 0 Å². The van der Waals surface area contributed by atoms with Gasteiger partial charge >= 0.3 is 6.03 Å². The lowest BCUT2D eigenvalue weighted by molar-refractivity contribution is 0.251. The molecule has 14 heavy (non-hydrogen) atoms. The highest BCUT2D eigenvalue weighted by molar-refractivity contribution is 5.87. The van der Waals surface area contributed by atoms with Crippen LogP contribution >= 0.6 is 0 Å². The van der Waals surface area contributed by atoms with Gasteiger partial charge in [0.2, 0.25) is 0 Å². The maximum absolute atomic E-state index is 11.2. The molecule has 0 unspecified atom stereocenters. The van der Waals surface area contributed by atoms with Crippen LogP contribution in [0.15, 0.2) is 16.9 Å². The molecule has 0 fully saturated rings. The molecule has 2 amide bonds. The molecule has 5 heteroatoms. The zero-order valence-corrected chi connectivity index (χ0v) is 8.25. The molecule has 0 radical (unpaired) electrons. The Bertz CT molecular complexity index is 259. The first-order valence-electron chi connectivity index (χ1n) is 4.78. The van der Waals surface area contributed by atoms with E-state index in [4.69, 9.17) is 0 Å². The van der Waals surface area contributed by atoms with Gasteiger partial charge < -0.3 is 9.84 Å². The average Bonchev–Trinajstić information content (AvgIpc) is 2.65. The maximum Gasteiger partial charge on any atom is 0.320 e. The van der Waals surface area contributed by atoms with Gasteiger partial charge in [0.1, 0.15) is 6.26 Å². The van der Waals surface area contributed by atoms with E-state index in [1.807, 2.05) is 0 Å². The van der Waals surface area contributed by atoms with Gasteiger partial charge in [0.15, 0.2) is 5.82 Å². The van der Waals surface area contributed by atoms with Gasteiger partial charge in [0.05, 0.1) is 0 Å². The van der Waals surface area contributed by atoms with Crippen molar-refractivity contribution >= 4 is 11.8 Å². The number of nitrogens with zero attached hydrogens (tertiary/aromatic N) is 1. The van der Waals surface area contributed by atoms with Crippen molar-refractivity contribution < 1.29 is 9.32 Å². The molecule has 0 aromatic carbocycles. The minimum atomic E-state index is -0.241. The summed E-state index contributed by atoms with van der Waals surface area (Å²) in [7, 11) is 0. The van der Waals surface area contributed by atoms with E-state index in [-0.39, 0.29) is 6.03 Å². The summed E-state index contributed by atoms with van der Waals surface area (Å²) in [6.07, 6.45) is 4.69. The van der Waals surface area contributed by atoms with Gasteiger partial charge in [-0.25, -0.2) is 4.79 Å². The summed E-state index contributed by atoms with van der Waals surface area (Å²) < 4.78 is 4.57. The van der Waals surface area contributed by atoms with E-state index in [0.717, 1.165) is 19.3 Å². The average molecular weight is 197 g/mol. The van der Waals surface area contributed by atoms with Crippen LogP contribution in [0.4, 0.5) is 10.6 Å². The second-order valence-electron chi connectivity index (χ2n) is 2.97. The van der Waals surface area contributed by atoms with Gasteiger partial charge in [-0.3, -0.25) is 5.32 Å². The molecule has 0 saturated heterocycles. The number of hydrogen-bond donors (Lipinski definition) is 2. The third-order valence-corrected chi connectivity index (χ3v) is 1.75. The third kappa shape index (κ3) is 3.93. The minimum Gasteiger partial charge on any atom is -0.363 e. The number of amides is 2. The number of anilines is 1. The van der Waals surface area contributed by atoms with Crippen molar-refractivity contribution in [3.8, 4) is 0 Å². The Morgan fingerprint density at radius 2 is 2.43 bits per heavy atom. The fourth-order valence-corrected chi connectivity index (χ4v) is 1.01. The predicted molar refractivity (Wildman–Crippen MR) is 53.0 cm³/mol. The Morgan fingerprint density at radius 1 is 1.57 bits per heavy atom. The van der Waals surface area contributed by atoms with Crippen molar-refractivity contribution in [1.82, 2.24) is 10.5 Å². The Morgan fingerprint density at radius 3 is 3.07 bits per heavy atom. The van der Waals surface area contributed by atoms with Crippen molar-refractivity contribution in [3.63, 3.8) is 0 Å². The smallest absolute Gasteiger partial charge is 0.320 e. The standard InChI is InChI=1S/C9H15N3O2/c1-2-3-4-6-10-9(13)11-8-5-7-14-12-8/h5,7H,2-4,6H2,1H3,(H2,10,11,12,13). The van der Waals surface area contributed by atoms with Crippen molar-refractivity contribution in [2.45, 2.75) is 26.2 Å². The molecular weight excluding hydrogens is 182 g/mol. The zero-order chi connectivity index (χ0) is 10.2. The molecule has 78 valence electrons. The van der Waals surface area contributed by atoms with E-state index in [2.05, 4.69) is 27.2 Å². The lowest BCUT2D eigenvalue weighted by Crippen LogP contribution is -2.29. The lowest BCUT2D eigenvalue weighted by Gasteiger charge is -2.03. The molecule has 2 N–H and O–H groups in total. The molecule has 5 nitrogen and oxygen atoms in total. The van der Waals surface area contributed by atoms with Gasteiger partial charge in [-0.2, -0.15) is 0 Å². The van der Waals surface area contributed by atoms with Gasteiger partial charge in [-0.15, -0.1) is 0 Å². The maximum atomic E-state index is 11.2. The SMILES string of the molecule is CCCCCNC(=O)Nc1ccon1. The highest BCUT2D eigenvalue weighted by Crippen LogP contribution is 2.00. The summed E-state index contributed by atoms with van der Waals surface area (Å²) in [5.74, 6) is 0.429. The van der Waals surface area contributed by atoms with E-state index in [1.54, 1.807) is 6.07 Å². The van der Waals surface area contributed by atoms with E-state index in [1.165, 1.54) is 6.26 Å². The van der Waals surface area contributed by atoms with Crippen molar-refractivity contribution in [3.05, 3.63) is 12.3 Å². The summed E-state index contributed by atoms with van der Waals surface area (Å²) in [5.41, 5.74) is 0. The van der Waals surface area contributed by atoms with Crippen molar-refractivity contribution in [2.24, 2.45) is 0 Å². The number of rotatable bonds is 5. The Balaban J connectivity index is 2.11. The second kappa shape index (κ2) is 6.01. The molecule has 1 heterocycles. The molecule has 1 rings (SSSR count). The highest BCUT2D eigenvalue weighted by atomic mass is 16.5. The zero-order valence-electron chi connectivity index (χ0n) is 8.25. The lowest BCUT2D eigenvalue weighted by atomic mass is 10.2. The van der Waals surface area contributed by atoms with Crippen LogP contribution in [0, 0.1) is 0 Å². The van der Waals surface area contributed by atoms with Crippen LogP contribution < -0.4 is 10.6 Å². The molecule has 0 aliphatic rings. The summed E-state index contributed by atoms with van der Waals surface area (Å²) in [6.45, 7) is 2.81. The normalized spacial score (nSPS) is 9.79. The number of unbranched alkanes of at least 4 members (excludes halogenated alkanes) is 2. The Kier molecular flexibility index (Phi) is 4.54. The monoisotopic (exact) mass is 197 g/mol. The highest BCUT2D eigenvalue weighted by Gasteiger charge is 2.01. The van der Waals surface area contributed by atoms with Crippen LogP contribution in [0.5, 0.6) is 0 Å². The van der Waals surface area contributed by atoms with Crippen LogP contribution in [-0.4, -0.2) is 17.7 Å². The number of carbonyl (C=O) groups is 1. The molecule has 0 atom stereocenters. The summed E-state index contributed by atoms with van der Waals surface area (Å²) in [6, 6.07) is 1.35. The number of aromatic nitrogens is 1. The number of hydrogen-bond acceptors (Lipinski definition) is 3. The first-order chi connectivity index (χ1) is 6.83. The second-order valence-corrected chi connectivity index (χ2v) is 2.97. The summed E-state index contributed by atoms with van der Waals surface area (Å²) >= 11 is 0. The summed E-state index contributed by atoms with van der Waals surface area (Å²) in [5, 5.41) is 8.82. The topological polar surface area (TPSA) is 67.2 Å². The molecule has 0 aliphatic carbocycles. The fourth-order valence-electron chi connectivity index (χ4n) is 1.01. The predicted octanol–water partition coefficient (Wildman–Crippen LogP) is 1.99. The third-order valence-electron chi connectivity index (χ3n) is 1.75. The molecule has 0 saturated carbocycles. The quantitative estimate of drug-likeness (QED) is 0.709. The fraction of sp³-hybridized carbons (Fsp3) is 0.556. The Hall–Kier alpha value is -1.52. The molecule has 0 aliphatic heterocycles. The first kappa shape index (κ1) is 10.6. The molecule has 0 bridgehead atoms. The number of urea groups is 1. The Labute approximate surface area is 82.8 Å². The van der Waals surface area contributed by atoms with Crippen LogP contribution in [0.3, 0.4) is 0 Å². The minimum absolute atomic E-state index is 0.241. The van der Waals surface area contributed by atoms with Gasteiger partial charge in [0.25, 0.3) is 0 Å². The van der Waals surface area contributed by atoms with Crippen LogP contribution in [-0.2, 0) is 0 Å². The van der Waals surface area contributed by atoms with Gasteiger partial charge in [-0.05, 0) is 6.42 Å². The van der Waals surface area contributed by atoms with Gasteiger partial charge in [-0.1, -0.05) is 24.9 Å². The molecule has 0 spiro atoms. The first-order valence-corrected chi connectivity index (χ1v) is 4.78. The van der Waals surface area contributed by atoms with E-state index >= 15 is 0 Å². The van der Waals surface area contributed by atoms with Crippen molar-refractivity contribution in [2.75, 3.05) is 11.9 Å². The molecule has 1 aromatic rings.